The maximum atomic E-state index is 12.2. The summed E-state index contributed by atoms with van der Waals surface area (Å²) in [5.74, 6) is -0.164. The van der Waals surface area contributed by atoms with Gasteiger partial charge in [0.15, 0.2) is 5.78 Å². The van der Waals surface area contributed by atoms with Gasteiger partial charge in [-0.25, -0.2) is 0 Å². The number of hydrogen-bond acceptors (Lipinski definition) is 3. The van der Waals surface area contributed by atoms with Crippen LogP contribution in [0, 0.1) is 6.92 Å². The van der Waals surface area contributed by atoms with Crippen LogP contribution in [0.4, 0.5) is 0 Å². The molecule has 0 radical (unpaired) electrons. The Morgan fingerprint density at radius 2 is 2.00 bits per heavy atom. The molecule has 1 atom stereocenters. The summed E-state index contributed by atoms with van der Waals surface area (Å²) in [5.41, 5.74) is 2.72. The minimum Gasteiger partial charge on any atom is -0.354 e. The standard InChI is InChI=1S/C14H23N3O2/c1-6-11-12(10(4)18)9(3)17-13(11)14(19)16-7-8(2)15-5/h8,15,17H,6-7H2,1-5H3,(H,16,19). The molecule has 1 rings (SSSR count). The van der Waals surface area contributed by atoms with E-state index in [-0.39, 0.29) is 17.7 Å². The van der Waals surface area contributed by atoms with E-state index >= 15 is 0 Å². The molecule has 19 heavy (non-hydrogen) atoms. The topological polar surface area (TPSA) is 74.0 Å². The molecule has 0 saturated carbocycles. The van der Waals surface area contributed by atoms with Crippen LogP contribution >= 0.6 is 0 Å². The average molecular weight is 265 g/mol. The van der Waals surface area contributed by atoms with Gasteiger partial charge < -0.3 is 15.6 Å². The third-order valence-corrected chi connectivity index (χ3v) is 3.29. The molecule has 0 aliphatic heterocycles. The number of carbonyl (C=O) groups excluding carboxylic acids is 2. The van der Waals surface area contributed by atoms with Crippen molar-refractivity contribution in [3.8, 4) is 0 Å². The van der Waals surface area contributed by atoms with E-state index in [9.17, 15) is 9.59 Å². The molecule has 0 aliphatic rings. The van der Waals surface area contributed by atoms with E-state index in [0.717, 1.165) is 11.3 Å². The third-order valence-electron chi connectivity index (χ3n) is 3.29. The van der Waals surface area contributed by atoms with E-state index in [1.807, 2.05) is 27.8 Å². The normalized spacial score (nSPS) is 12.3. The number of nitrogens with one attached hydrogen (secondary N) is 3. The molecule has 1 heterocycles. The van der Waals surface area contributed by atoms with Gasteiger partial charge in [-0.3, -0.25) is 9.59 Å². The van der Waals surface area contributed by atoms with Crippen LogP contribution in [0.3, 0.4) is 0 Å². The number of aromatic amines is 1. The van der Waals surface area contributed by atoms with Crippen LogP contribution in [0.5, 0.6) is 0 Å². The SMILES string of the molecule is CCc1c(C(=O)NCC(C)NC)[nH]c(C)c1C(C)=O. The summed E-state index contributed by atoms with van der Waals surface area (Å²) in [6, 6.07) is 0.206. The Hall–Kier alpha value is -1.62. The van der Waals surface area contributed by atoms with Crippen molar-refractivity contribution in [1.82, 2.24) is 15.6 Å². The molecular formula is C14H23N3O2. The summed E-state index contributed by atoms with van der Waals surface area (Å²) in [6.45, 7) is 7.83. The highest BCUT2D eigenvalue weighted by Crippen LogP contribution is 2.20. The molecule has 0 saturated heterocycles. The zero-order chi connectivity index (χ0) is 14.6. The van der Waals surface area contributed by atoms with Crippen molar-refractivity contribution >= 4 is 11.7 Å². The van der Waals surface area contributed by atoms with Gasteiger partial charge in [0.1, 0.15) is 5.69 Å². The first kappa shape index (κ1) is 15.4. The Bertz CT molecular complexity index is 477. The minimum atomic E-state index is -0.158. The second-order valence-electron chi connectivity index (χ2n) is 4.79. The molecular weight excluding hydrogens is 242 g/mol. The Labute approximate surface area is 114 Å². The number of ketones is 1. The fourth-order valence-corrected chi connectivity index (χ4v) is 2.14. The number of carbonyl (C=O) groups is 2. The molecule has 1 amide bonds. The van der Waals surface area contributed by atoms with Crippen LogP contribution in [-0.2, 0) is 6.42 Å². The number of aromatic nitrogens is 1. The predicted molar refractivity (Wildman–Crippen MR) is 75.8 cm³/mol. The van der Waals surface area contributed by atoms with Crippen molar-refractivity contribution in [2.45, 2.75) is 40.2 Å². The van der Waals surface area contributed by atoms with E-state index in [0.29, 0.717) is 24.2 Å². The first-order valence-electron chi connectivity index (χ1n) is 6.60. The quantitative estimate of drug-likeness (QED) is 0.681. The van der Waals surface area contributed by atoms with Gasteiger partial charge in [-0.15, -0.1) is 0 Å². The number of amides is 1. The van der Waals surface area contributed by atoms with E-state index < -0.39 is 0 Å². The summed E-state index contributed by atoms with van der Waals surface area (Å²) >= 11 is 0. The zero-order valence-electron chi connectivity index (χ0n) is 12.3. The lowest BCUT2D eigenvalue weighted by molar-refractivity contribution is 0.0945. The maximum absolute atomic E-state index is 12.2. The number of likely N-dealkylation sites (N-methyl/N-ethyl adjacent to an activating group) is 1. The lowest BCUT2D eigenvalue weighted by atomic mass is 10.0. The van der Waals surface area contributed by atoms with Crippen molar-refractivity contribution < 1.29 is 9.59 Å². The number of rotatable bonds is 6. The highest BCUT2D eigenvalue weighted by Gasteiger charge is 2.21. The van der Waals surface area contributed by atoms with Gasteiger partial charge in [0.2, 0.25) is 0 Å². The Kier molecular flexibility index (Phi) is 5.30. The smallest absolute Gasteiger partial charge is 0.268 e. The Morgan fingerprint density at radius 1 is 1.37 bits per heavy atom. The van der Waals surface area contributed by atoms with E-state index in [4.69, 9.17) is 0 Å². The lowest BCUT2D eigenvalue weighted by Gasteiger charge is -2.11. The van der Waals surface area contributed by atoms with Gasteiger partial charge in [-0.1, -0.05) is 6.92 Å². The van der Waals surface area contributed by atoms with Gasteiger partial charge in [0.25, 0.3) is 5.91 Å². The summed E-state index contributed by atoms with van der Waals surface area (Å²) in [5, 5.41) is 5.92. The van der Waals surface area contributed by atoms with Crippen molar-refractivity contribution in [3.63, 3.8) is 0 Å². The number of hydrogen-bond donors (Lipinski definition) is 3. The zero-order valence-corrected chi connectivity index (χ0v) is 12.3. The largest absolute Gasteiger partial charge is 0.354 e. The van der Waals surface area contributed by atoms with Crippen LogP contribution in [0.1, 0.15) is 52.9 Å². The fraction of sp³-hybridized carbons (Fsp3) is 0.571. The monoisotopic (exact) mass is 265 g/mol. The fourth-order valence-electron chi connectivity index (χ4n) is 2.14. The highest BCUT2D eigenvalue weighted by atomic mass is 16.2. The molecule has 3 N–H and O–H groups in total. The second-order valence-corrected chi connectivity index (χ2v) is 4.79. The Balaban J connectivity index is 2.97. The van der Waals surface area contributed by atoms with Gasteiger partial charge in [-0.2, -0.15) is 0 Å². The summed E-state index contributed by atoms with van der Waals surface area (Å²) in [7, 11) is 1.85. The summed E-state index contributed by atoms with van der Waals surface area (Å²) < 4.78 is 0. The predicted octanol–water partition coefficient (Wildman–Crippen LogP) is 1.43. The van der Waals surface area contributed by atoms with E-state index in [1.54, 1.807) is 0 Å². The maximum Gasteiger partial charge on any atom is 0.268 e. The molecule has 0 fully saturated rings. The van der Waals surface area contributed by atoms with Gasteiger partial charge in [0.05, 0.1) is 0 Å². The molecule has 5 nitrogen and oxygen atoms in total. The van der Waals surface area contributed by atoms with Crippen molar-refractivity contribution in [3.05, 3.63) is 22.5 Å². The Morgan fingerprint density at radius 3 is 2.47 bits per heavy atom. The molecule has 1 unspecified atom stereocenters. The van der Waals surface area contributed by atoms with Gasteiger partial charge >= 0.3 is 0 Å². The first-order chi connectivity index (χ1) is 8.92. The third kappa shape index (κ3) is 3.44. The molecule has 0 aromatic carbocycles. The van der Waals surface area contributed by atoms with Crippen molar-refractivity contribution in [1.29, 1.82) is 0 Å². The molecule has 0 spiro atoms. The van der Waals surface area contributed by atoms with Crippen molar-refractivity contribution in [2.75, 3.05) is 13.6 Å². The summed E-state index contributed by atoms with van der Waals surface area (Å²) in [6.07, 6.45) is 0.656. The molecule has 0 bridgehead atoms. The second kappa shape index (κ2) is 6.52. The summed E-state index contributed by atoms with van der Waals surface area (Å²) in [4.78, 5) is 26.8. The molecule has 0 aliphatic carbocycles. The van der Waals surface area contributed by atoms with Crippen LogP contribution in [0.2, 0.25) is 0 Å². The molecule has 1 aromatic rings. The van der Waals surface area contributed by atoms with E-state index in [1.165, 1.54) is 6.92 Å². The highest BCUT2D eigenvalue weighted by molar-refractivity contribution is 6.02. The van der Waals surface area contributed by atoms with Gasteiger partial charge in [0, 0.05) is 23.8 Å². The number of Topliss-reactive ketones (excluding diaryl/α,β-unsaturated/α-hetero) is 1. The number of H-pyrrole nitrogens is 1. The van der Waals surface area contributed by atoms with Crippen molar-refractivity contribution in [2.24, 2.45) is 0 Å². The molecule has 106 valence electrons. The minimum absolute atomic E-state index is 0.00626. The van der Waals surface area contributed by atoms with Gasteiger partial charge in [-0.05, 0) is 39.8 Å². The van der Waals surface area contributed by atoms with Crippen LogP contribution in [0.15, 0.2) is 0 Å². The molecule has 1 aromatic heterocycles. The molecule has 5 heteroatoms. The van der Waals surface area contributed by atoms with Crippen LogP contribution in [0.25, 0.3) is 0 Å². The van der Waals surface area contributed by atoms with E-state index in [2.05, 4.69) is 15.6 Å². The lowest BCUT2D eigenvalue weighted by Crippen LogP contribution is -2.37. The van der Waals surface area contributed by atoms with Crippen LogP contribution < -0.4 is 10.6 Å². The number of aryl methyl sites for hydroxylation is 1. The van der Waals surface area contributed by atoms with Crippen LogP contribution in [-0.4, -0.2) is 36.3 Å². The first-order valence-corrected chi connectivity index (χ1v) is 6.60. The average Bonchev–Trinajstić information content (AvgIpc) is 2.72.